The molecule has 0 saturated heterocycles. The summed E-state index contributed by atoms with van der Waals surface area (Å²) in [6.45, 7) is 5.36. The van der Waals surface area contributed by atoms with Crippen LogP contribution in [0.15, 0.2) is 24.3 Å². The molecule has 0 aromatic heterocycles. The molecule has 5 nitrogen and oxygen atoms in total. The van der Waals surface area contributed by atoms with Crippen LogP contribution in [0.3, 0.4) is 0 Å². The lowest BCUT2D eigenvalue weighted by molar-refractivity contribution is -0.155. The van der Waals surface area contributed by atoms with Gasteiger partial charge in [-0.25, -0.2) is 0 Å². The lowest BCUT2D eigenvalue weighted by Gasteiger charge is -2.22. The van der Waals surface area contributed by atoms with Crippen LogP contribution in [0.1, 0.15) is 45.1 Å². The van der Waals surface area contributed by atoms with Crippen molar-refractivity contribution < 1.29 is 24.2 Å². The maximum absolute atomic E-state index is 12.0. The molecule has 0 aliphatic heterocycles. The summed E-state index contributed by atoms with van der Waals surface area (Å²) < 4.78 is 9.94. The molecule has 0 bridgehead atoms. The second-order valence-corrected chi connectivity index (χ2v) is 5.86. The van der Waals surface area contributed by atoms with E-state index in [0.29, 0.717) is 5.56 Å². The SMILES string of the molecule is COC(=O)C[C@@H](CC(=O)OC(C)(C)C)c1cccc(O)c1. The molecular weight excluding hydrogens is 272 g/mol. The van der Waals surface area contributed by atoms with Crippen molar-refractivity contribution in [2.24, 2.45) is 0 Å². The number of rotatable bonds is 5. The van der Waals surface area contributed by atoms with Gasteiger partial charge in [-0.2, -0.15) is 0 Å². The van der Waals surface area contributed by atoms with Gasteiger partial charge in [-0.1, -0.05) is 12.1 Å². The minimum atomic E-state index is -0.578. The van der Waals surface area contributed by atoms with Crippen molar-refractivity contribution in [3.05, 3.63) is 29.8 Å². The molecule has 0 amide bonds. The Morgan fingerprint density at radius 2 is 1.81 bits per heavy atom. The molecule has 0 radical (unpaired) electrons. The first kappa shape index (κ1) is 17.0. The van der Waals surface area contributed by atoms with E-state index in [1.54, 1.807) is 32.9 Å². The van der Waals surface area contributed by atoms with Gasteiger partial charge >= 0.3 is 11.9 Å². The third-order valence-corrected chi connectivity index (χ3v) is 2.82. The first-order valence-corrected chi connectivity index (χ1v) is 6.79. The van der Waals surface area contributed by atoms with Gasteiger partial charge in [-0.3, -0.25) is 9.59 Å². The third kappa shape index (κ3) is 6.29. The van der Waals surface area contributed by atoms with Crippen LogP contribution in [0.5, 0.6) is 5.75 Å². The third-order valence-electron chi connectivity index (χ3n) is 2.82. The van der Waals surface area contributed by atoms with Crippen LogP contribution in [0.4, 0.5) is 0 Å². The predicted molar refractivity (Wildman–Crippen MR) is 77.9 cm³/mol. The Balaban J connectivity index is 2.87. The lowest BCUT2D eigenvalue weighted by atomic mass is 9.92. The molecule has 5 heteroatoms. The number of carbonyl (C=O) groups is 2. The zero-order valence-corrected chi connectivity index (χ0v) is 12.9. The van der Waals surface area contributed by atoms with E-state index in [2.05, 4.69) is 4.74 Å². The van der Waals surface area contributed by atoms with E-state index in [4.69, 9.17) is 4.74 Å². The molecule has 1 aromatic carbocycles. The second-order valence-electron chi connectivity index (χ2n) is 5.86. The summed E-state index contributed by atoms with van der Waals surface area (Å²) in [5.41, 5.74) is 0.123. The first-order chi connectivity index (χ1) is 9.71. The maximum atomic E-state index is 12.0. The molecule has 0 spiro atoms. The number of methoxy groups -OCH3 is 1. The van der Waals surface area contributed by atoms with Gasteiger partial charge in [-0.05, 0) is 38.5 Å². The minimum Gasteiger partial charge on any atom is -0.508 e. The molecule has 0 aliphatic rings. The summed E-state index contributed by atoms with van der Waals surface area (Å²) >= 11 is 0. The standard InChI is InChI=1S/C16H22O5/c1-16(2,3)21-15(19)10-12(9-14(18)20-4)11-6-5-7-13(17)8-11/h5-8,12,17H,9-10H2,1-4H3/t12-/m0/s1. The van der Waals surface area contributed by atoms with Gasteiger partial charge in [-0.15, -0.1) is 0 Å². The molecule has 0 saturated carbocycles. The number of aromatic hydroxyl groups is 1. The number of hydrogen-bond acceptors (Lipinski definition) is 5. The highest BCUT2D eigenvalue weighted by molar-refractivity contribution is 5.75. The Labute approximate surface area is 124 Å². The molecular formula is C16H22O5. The van der Waals surface area contributed by atoms with E-state index in [1.807, 2.05) is 0 Å². The van der Waals surface area contributed by atoms with Crippen molar-refractivity contribution in [2.75, 3.05) is 7.11 Å². The molecule has 1 aromatic rings. The Morgan fingerprint density at radius 1 is 1.19 bits per heavy atom. The van der Waals surface area contributed by atoms with E-state index in [0.717, 1.165) is 0 Å². The molecule has 21 heavy (non-hydrogen) atoms. The van der Waals surface area contributed by atoms with Crippen molar-refractivity contribution in [1.29, 1.82) is 0 Å². The number of esters is 2. The van der Waals surface area contributed by atoms with Gasteiger partial charge in [0.1, 0.15) is 11.4 Å². The van der Waals surface area contributed by atoms with Crippen LogP contribution in [-0.2, 0) is 19.1 Å². The lowest BCUT2D eigenvalue weighted by Crippen LogP contribution is -2.25. The maximum Gasteiger partial charge on any atom is 0.306 e. The van der Waals surface area contributed by atoms with Gasteiger partial charge in [0.2, 0.25) is 0 Å². The summed E-state index contributed by atoms with van der Waals surface area (Å²) in [6.07, 6.45) is 0.106. The highest BCUT2D eigenvalue weighted by Crippen LogP contribution is 2.27. The topological polar surface area (TPSA) is 72.8 Å². The van der Waals surface area contributed by atoms with Crippen LogP contribution in [0.25, 0.3) is 0 Å². The summed E-state index contributed by atoms with van der Waals surface area (Å²) in [4.78, 5) is 23.5. The second kappa shape index (κ2) is 7.11. The van der Waals surface area contributed by atoms with E-state index in [-0.39, 0.29) is 30.5 Å². The summed E-state index contributed by atoms with van der Waals surface area (Å²) in [7, 11) is 1.30. The minimum absolute atomic E-state index is 0.0514. The van der Waals surface area contributed by atoms with Crippen molar-refractivity contribution in [3.8, 4) is 5.75 Å². The van der Waals surface area contributed by atoms with E-state index < -0.39 is 11.6 Å². The molecule has 1 atom stereocenters. The van der Waals surface area contributed by atoms with Crippen molar-refractivity contribution in [3.63, 3.8) is 0 Å². The Bertz CT molecular complexity index is 502. The number of phenols is 1. The fourth-order valence-corrected chi connectivity index (χ4v) is 1.96. The fraction of sp³-hybridized carbons (Fsp3) is 0.500. The van der Waals surface area contributed by atoms with Crippen LogP contribution in [-0.4, -0.2) is 29.8 Å². The quantitative estimate of drug-likeness (QED) is 0.845. The fourth-order valence-electron chi connectivity index (χ4n) is 1.96. The molecule has 0 unspecified atom stereocenters. The van der Waals surface area contributed by atoms with Crippen LogP contribution in [0, 0.1) is 0 Å². The van der Waals surface area contributed by atoms with E-state index in [9.17, 15) is 14.7 Å². The molecule has 116 valence electrons. The largest absolute Gasteiger partial charge is 0.508 e. The van der Waals surface area contributed by atoms with Gasteiger partial charge in [0, 0.05) is 5.92 Å². The first-order valence-electron chi connectivity index (χ1n) is 6.79. The Kier molecular flexibility index (Phi) is 5.76. The number of phenolic OH excluding ortho intramolecular Hbond substituents is 1. The molecule has 0 heterocycles. The monoisotopic (exact) mass is 294 g/mol. The predicted octanol–water partition coefficient (Wildman–Crippen LogP) is 2.77. The molecule has 1 rings (SSSR count). The number of carbonyl (C=O) groups excluding carboxylic acids is 2. The van der Waals surface area contributed by atoms with E-state index >= 15 is 0 Å². The normalized spacial score (nSPS) is 12.6. The van der Waals surface area contributed by atoms with Gasteiger partial charge < -0.3 is 14.6 Å². The highest BCUT2D eigenvalue weighted by Gasteiger charge is 2.24. The smallest absolute Gasteiger partial charge is 0.306 e. The number of benzene rings is 1. The summed E-state index contributed by atoms with van der Waals surface area (Å²) in [5.74, 6) is -1.10. The number of ether oxygens (including phenoxy) is 2. The Morgan fingerprint density at radius 3 is 2.33 bits per heavy atom. The Hall–Kier alpha value is -2.04. The average Bonchev–Trinajstić information content (AvgIpc) is 2.35. The van der Waals surface area contributed by atoms with Crippen molar-refractivity contribution >= 4 is 11.9 Å². The molecule has 0 aliphatic carbocycles. The molecule has 1 N–H and O–H groups in total. The zero-order valence-electron chi connectivity index (χ0n) is 12.9. The zero-order chi connectivity index (χ0) is 16.0. The summed E-state index contributed by atoms with van der Waals surface area (Å²) in [6, 6.07) is 6.51. The van der Waals surface area contributed by atoms with E-state index in [1.165, 1.54) is 19.2 Å². The van der Waals surface area contributed by atoms with Crippen molar-refractivity contribution in [2.45, 2.75) is 45.1 Å². The van der Waals surface area contributed by atoms with Gasteiger partial charge in [0.25, 0.3) is 0 Å². The summed E-state index contributed by atoms with van der Waals surface area (Å²) in [5, 5.41) is 9.54. The average molecular weight is 294 g/mol. The van der Waals surface area contributed by atoms with Gasteiger partial charge in [0.15, 0.2) is 0 Å². The van der Waals surface area contributed by atoms with Crippen LogP contribution < -0.4 is 0 Å². The van der Waals surface area contributed by atoms with Crippen LogP contribution >= 0.6 is 0 Å². The highest BCUT2D eigenvalue weighted by atomic mass is 16.6. The van der Waals surface area contributed by atoms with Gasteiger partial charge in [0.05, 0.1) is 20.0 Å². The van der Waals surface area contributed by atoms with Crippen molar-refractivity contribution in [1.82, 2.24) is 0 Å². The number of hydrogen-bond donors (Lipinski definition) is 1. The molecule has 0 fully saturated rings. The van der Waals surface area contributed by atoms with Crippen LogP contribution in [0.2, 0.25) is 0 Å².